The van der Waals surface area contributed by atoms with E-state index in [1.54, 1.807) is 0 Å². The Morgan fingerprint density at radius 2 is 1.50 bits per heavy atom. The van der Waals surface area contributed by atoms with E-state index >= 15 is 0 Å². The van der Waals surface area contributed by atoms with Gasteiger partial charge in [0.1, 0.15) is 0 Å². The predicted molar refractivity (Wildman–Crippen MR) is 101 cm³/mol. The van der Waals surface area contributed by atoms with Gasteiger partial charge in [-0.05, 0) is 81.4 Å². The minimum absolute atomic E-state index is 0.201. The van der Waals surface area contributed by atoms with Crippen molar-refractivity contribution in [3.05, 3.63) is 53.6 Å². The number of anilines is 1. The summed E-state index contributed by atoms with van der Waals surface area (Å²) >= 11 is 0. The molecule has 0 saturated heterocycles. The van der Waals surface area contributed by atoms with Crippen LogP contribution in [0.25, 0.3) is 0 Å². The van der Waals surface area contributed by atoms with Crippen molar-refractivity contribution >= 4 is 11.6 Å². The summed E-state index contributed by atoms with van der Waals surface area (Å²) in [7, 11) is 0. The van der Waals surface area contributed by atoms with Crippen LogP contribution in [-0.2, 0) is 4.79 Å². The minimum Gasteiger partial charge on any atom is -0.326 e. The van der Waals surface area contributed by atoms with Gasteiger partial charge in [-0.25, -0.2) is 0 Å². The Bertz CT molecular complexity index is 619. The van der Waals surface area contributed by atoms with Crippen LogP contribution < -0.4 is 5.32 Å². The molecule has 2 nitrogen and oxygen atoms in total. The molecule has 3 atom stereocenters. The molecule has 128 valence electrons. The number of hydrogen-bond donors (Lipinski definition) is 1. The Balaban J connectivity index is 1.65. The maximum absolute atomic E-state index is 12.8. The number of amides is 1. The first-order chi connectivity index (χ1) is 11.7. The van der Waals surface area contributed by atoms with E-state index in [9.17, 15) is 4.79 Å². The number of hydrogen-bond acceptors (Lipinski definition) is 1. The van der Waals surface area contributed by atoms with Crippen molar-refractivity contribution in [1.82, 2.24) is 0 Å². The van der Waals surface area contributed by atoms with Gasteiger partial charge in [-0.1, -0.05) is 36.4 Å². The van der Waals surface area contributed by atoms with Crippen LogP contribution in [0.1, 0.15) is 49.7 Å². The third kappa shape index (κ3) is 3.98. The summed E-state index contributed by atoms with van der Waals surface area (Å²) in [5, 5.41) is 3.19. The van der Waals surface area contributed by atoms with Gasteiger partial charge in [0.05, 0.1) is 0 Å². The van der Waals surface area contributed by atoms with E-state index in [1.807, 2.05) is 12.1 Å². The zero-order chi connectivity index (χ0) is 16.9. The molecule has 1 N–H and O–H groups in total. The molecule has 0 spiro atoms. The topological polar surface area (TPSA) is 29.1 Å². The molecule has 2 aliphatic rings. The lowest BCUT2D eigenvalue weighted by Gasteiger charge is -2.10. The summed E-state index contributed by atoms with van der Waals surface area (Å²) in [6, 6.07) is 6.12. The number of aryl methyl sites for hydroxylation is 1. The Morgan fingerprint density at radius 3 is 2.12 bits per heavy atom. The number of fused-ring (bicyclic) bond motifs is 1. The van der Waals surface area contributed by atoms with Crippen molar-refractivity contribution in [3.8, 4) is 0 Å². The van der Waals surface area contributed by atoms with Gasteiger partial charge >= 0.3 is 0 Å². The maximum atomic E-state index is 12.8. The monoisotopic (exact) mass is 323 g/mol. The zero-order valence-electron chi connectivity index (χ0n) is 14.9. The zero-order valence-corrected chi connectivity index (χ0v) is 14.9. The fourth-order valence-corrected chi connectivity index (χ4v) is 3.96. The molecule has 1 saturated carbocycles. The standard InChI is InChI=1S/C22H29NO/c1-16-12-11-15-20(17(16)2)23-22(24)21-18-13-9-7-5-3-4-6-8-10-14-19(18)21/h5-8,11-12,15,18-19,21H,3-4,9-10,13-14H2,1-2H3,(H,23,24)/b7-5-,8-6+/t18-,19-,21?/m0/s1. The van der Waals surface area contributed by atoms with E-state index < -0.39 is 0 Å². The van der Waals surface area contributed by atoms with Gasteiger partial charge in [0, 0.05) is 11.6 Å². The summed E-state index contributed by atoms with van der Waals surface area (Å²) in [5.74, 6) is 1.55. The van der Waals surface area contributed by atoms with Crippen molar-refractivity contribution in [2.24, 2.45) is 17.8 Å². The highest BCUT2D eigenvalue weighted by Gasteiger charge is 2.52. The van der Waals surface area contributed by atoms with Crippen molar-refractivity contribution < 1.29 is 4.79 Å². The average Bonchev–Trinajstić information content (AvgIpc) is 3.24. The largest absolute Gasteiger partial charge is 0.326 e. The van der Waals surface area contributed by atoms with E-state index in [0.29, 0.717) is 11.8 Å². The van der Waals surface area contributed by atoms with Crippen LogP contribution in [0.2, 0.25) is 0 Å². The number of carbonyl (C=O) groups is 1. The Morgan fingerprint density at radius 1 is 0.917 bits per heavy atom. The SMILES string of the molecule is Cc1cccc(NC(=O)C2[C@H]3CC/C=C\CC/C=C/CC[C@H]23)c1C. The van der Waals surface area contributed by atoms with Crippen LogP contribution in [0.3, 0.4) is 0 Å². The second kappa shape index (κ2) is 7.83. The van der Waals surface area contributed by atoms with Crippen LogP contribution in [0, 0.1) is 31.6 Å². The quantitative estimate of drug-likeness (QED) is 0.708. The molecular weight excluding hydrogens is 294 g/mol. The normalized spacial score (nSPS) is 29.5. The number of carbonyl (C=O) groups excluding carboxylic acids is 1. The molecule has 1 fully saturated rings. The van der Waals surface area contributed by atoms with E-state index in [2.05, 4.69) is 49.5 Å². The van der Waals surface area contributed by atoms with Gasteiger partial charge in [0.2, 0.25) is 5.91 Å². The lowest BCUT2D eigenvalue weighted by Crippen LogP contribution is -2.16. The third-order valence-electron chi connectivity index (χ3n) is 5.66. The molecule has 0 radical (unpaired) electrons. The minimum atomic E-state index is 0.201. The molecule has 1 unspecified atom stereocenters. The molecule has 0 heterocycles. The van der Waals surface area contributed by atoms with Crippen LogP contribution >= 0.6 is 0 Å². The first kappa shape index (κ1) is 17.0. The summed E-state index contributed by atoms with van der Waals surface area (Å²) in [6.07, 6.45) is 16.0. The highest BCUT2D eigenvalue weighted by Crippen LogP contribution is 2.52. The second-order valence-corrected chi connectivity index (χ2v) is 7.27. The van der Waals surface area contributed by atoms with Crippen molar-refractivity contribution in [2.45, 2.75) is 52.4 Å². The fraction of sp³-hybridized carbons (Fsp3) is 0.500. The molecular formula is C22H29NO. The van der Waals surface area contributed by atoms with E-state index in [-0.39, 0.29) is 11.8 Å². The highest BCUT2D eigenvalue weighted by atomic mass is 16.2. The second-order valence-electron chi connectivity index (χ2n) is 7.27. The summed E-state index contributed by atoms with van der Waals surface area (Å²) in [5.41, 5.74) is 3.38. The summed E-state index contributed by atoms with van der Waals surface area (Å²) in [4.78, 5) is 12.8. The van der Waals surface area contributed by atoms with Crippen molar-refractivity contribution in [2.75, 3.05) is 5.32 Å². The Labute approximate surface area is 146 Å². The summed E-state index contributed by atoms with van der Waals surface area (Å²) < 4.78 is 0. The number of rotatable bonds is 2. The molecule has 24 heavy (non-hydrogen) atoms. The molecule has 0 aliphatic heterocycles. The number of nitrogens with one attached hydrogen (secondary N) is 1. The van der Waals surface area contributed by atoms with Gasteiger partial charge < -0.3 is 5.32 Å². The number of benzene rings is 1. The van der Waals surface area contributed by atoms with E-state index in [0.717, 1.165) is 44.2 Å². The first-order valence-corrected chi connectivity index (χ1v) is 9.35. The van der Waals surface area contributed by atoms with Gasteiger partial charge in [-0.2, -0.15) is 0 Å². The maximum Gasteiger partial charge on any atom is 0.228 e. The van der Waals surface area contributed by atoms with Crippen LogP contribution in [0.5, 0.6) is 0 Å². The van der Waals surface area contributed by atoms with Crippen LogP contribution in [0.4, 0.5) is 5.69 Å². The van der Waals surface area contributed by atoms with Gasteiger partial charge in [-0.3, -0.25) is 4.79 Å². The molecule has 3 rings (SSSR count). The smallest absolute Gasteiger partial charge is 0.228 e. The molecule has 2 aliphatic carbocycles. The number of allylic oxidation sites excluding steroid dienone is 4. The molecule has 2 heteroatoms. The molecule has 1 aromatic rings. The van der Waals surface area contributed by atoms with E-state index in [4.69, 9.17) is 0 Å². The average molecular weight is 323 g/mol. The van der Waals surface area contributed by atoms with Crippen molar-refractivity contribution in [3.63, 3.8) is 0 Å². The highest BCUT2D eigenvalue weighted by molar-refractivity contribution is 5.95. The Kier molecular flexibility index (Phi) is 5.55. The van der Waals surface area contributed by atoms with Crippen LogP contribution in [-0.4, -0.2) is 5.91 Å². The van der Waals surface area contributed by atoms with Gasteiger partial charge in [0.15, 0.2) is 0 Å². The van der Waals surface area contributed by atoms with Crippen molar-refractivity contribution in [1.29, 1.82) is 0 Å². The molecule has 0 bridgehead atoms. The van der Waals surface area contributed by atoms with Gasteiger partial charge in [0.25, 0.3) is 0 Å². The summed E-state index contributed by atoms with van der Waals surface area (Å²) in [6.45, 7) is 4.17. The molecule has 0 aromatic heterocycles. The first-order valence-electron chi connectivity index (χ1n) is 9.35. The van der Waals surface area contributed by atoms with Crippen LogP contribution in [0.15, 0.2) is 42.5 Å². The molecule has 1 amide bonds. The third-order valence-corrected chi connectivity index (χ3v) is 5.66. The molecule has 1 aromatic carbocycles. The lowest BCUT2D eigenvalue weighted by molar-refractivity contribution is -0.117. The lowest BCUT2D eigenvalue weighted by atomic mass is 10.1. The predicted octanol–water partition coefficient (Wildman–Crippen LogP) is 5.57. The fourth-order valence-electron chi connectivity index (χ4n) is 3.96. The van der Waals surface area contributed by atoms with Gasteiger partial charge in [-0.15, -0.1) is 0 Å². The van der Waals surface area contributed by atoms with E-state index in [1.165, 1.54) is 11.1 Å². The Hall–Kier alpha value is -1.83.